The molecule has 0 aliphatic heterocycles. The van der Waals surface area contributed by atoms with E-state index in [1.54, 1.807) is 13.0 Å². The fourth-order valence-corrected chi connectivity index (χ4v) is 1.29. The van der Waals surface area contributed by atoms with E-state index in [9.17, 15) is 9.90 Å². The Hall–Kier alpha value is -1.61. The minimum absolute atomic E-state index is 0.365. The molecule has 86 valence electrons. The molecule has 16 heavy (non-hydrogen) atoms. The number of carbonyl (C=O) groups excluding carboxylic acids is 1. The van der Waals surface area contributed by atoms with Gasteiger partial charge in [-0.3, -0.25) is 0 Å². The summed E-state index contributed by atoms with van der Waals surface area (Å²) in [4.78, 5) is 11.0. The molecule has 1 rings (SSSR count). The lowest BCUT2D eigenvalue weighted by atomic mass is 10.1. The van der Waals surface area contributed by atoms with Crippen molar-refractivity contribution in [1.82, 2.24) is 0 Å². The van der Waals surface area contributed by atoms with Gasteiger partial charge >= 0.3 is 5.97 Å². The molecule has 0 saturated heterocycles. The molecule has 0 aromatic heterocycles. The highest BCUT2D eigenvalue weighted by molar-refractivity contribution is 5.81. The van der Waals surface area contributed by atoms with Crippen molar-refractivity contribution in [2.24, 2.45) is 0 Å². The largest absolute Gasteiger partial charge is 0.463 e. The number of aliphatic hydroxyl groups is 1. The minimum atomic E-state index is -0.577. The van der Waals surface area contributed by atoms with Crippen LogP contribution in [-0.2, 0) is 9.53 Å². The number of hydrogen-bond acceptors (Lipinski definition) is 3. The van der Waals surface area contributed by atoms with Crippen LogP contribution in [0.3, 0.4) is 0 Å². The van der Waals surface area contributed by atoms with E-state index < -0.39 is 6.10 Å². The lowest BCUT2D eigenvalue weighted by molar-refractivity contribution is -0.137. The highest BCUT2D eigenvalue weighted by atomic mass is 16.5. The molecule has 0 amide bonds. The second-order valence-corrected chi connectivity index (χ2v) is 3.32. The van der Waals surface area contributed by atoms with Crippen LogP contribution in [0, 0.1) is 0 Å². The maximum absolute atomic E-state index is 11.0. The Bertz CT molecular complexity index is 343. The maximum Gasteiger partial charge on any atom is 0.330 e. The van der Waals surface area contributed by atoms with Crippen LogP contribution in [0.25, 0.3) is 0 Å². The molecule has 1 aromatic rings. The smallest absolute Gasteiger partial charge is 0.330 e. The fourth-order valence-electron chi connectivity index (χ4n) is 1.29. The summed E-state index contributed by atoms with van der Waals surface area (Å²) in [5, 5.41) is 9.76. The molecular formula is C13H16O3. The molecule has 0 saturated carbocycles. The Kier molecular flexibility index (Phi) is 5.29. The van der Waals surface area contributed by atoms with E-state index in [1.807, 2.05) is 30.3 Å². The molecule has 0 spiro atoms. The minimum Gasteiger partial charge on any atom is -0.463 e. The molecule has 0 fully saturated rings. The normalized spacial score (nSPS) is 12.6. The van der Waals surface area contributed by atoms with Crippen molar-refractivity contribution in [3.63, 3.8) is 0 Å². The second kappa shape index (κ2) is 6.80. The van der Waals surface area contributed by atoms with E-state index in [0.717, 1.165) is 5.56 Å². The van der Waals surface area contributed by atoms with Crippen LogP contribution in [0.4, 0.5) is 0 Å². The molecule has 0 aliphatic rings. The van der Waals surface area contributed by atoms with Gasteiger partial charge in [-0.25, -0.2) is 4.79 Å². The molecule has 3 heteroatoms. The van der Waals surface area contributed by atoms with Crippen molar-refractivity contribution in [1.29, 1.82) is 0 Å². The van der Waals surface area contributed by atoms with E-state index >= 15 is 0 Å². The Labute approximate surface area is 95.4 Å². The summed E-state index contributed by atoms with van der Waals surface area (Å²) in [6.45, 7) is 2.12. The quantitative estimate of drug-likeness (QED) is 0.611. The standard InChI is InChI=1S/C13H16O3/c1-2-16-13(15)10-6-9-12(14)11-7-4-3-5-8-11/h3-8,10,12,14H,2,9H2,1H3. The molecule has 0 radical (unpaired) electrons. The Morgan fingerprint density at radius 1 is 1.44 bits per heavy atom. The number of esters is 1. The average Bonchev–Trinajstić information content (AvgIpc) is 2.30. The summed E-state index contributed by atoms with van der Waals surface area (Å²) >= 11 is 0. The molecule has 0 heterocycles. The summed E-state index contributed by atoms with van der Waals surface area (Å²) < 4.78 is 4.72. The predicted octanol–water partition coefficient (Wildman–Crippen LogP) is 2.23. The van der Waals surface area contributed by atoms with Gasteiger partial charge in [0.1, 0.15) is 0 Å². The summed E-state index contributed by atoms with van der Waals surface area (Å²) in [5.41, 5.74) is 0.844. The van der Waals surface area contributed by atoms with Crippen molar-refractivity contribution in [2.45, 2.75) is 19.4 Å². The third kappa shape index (κ3) is 4.28. The van der Waals surface area contributed by atoms with E-state index in [1.165, 1.54) is 6.08 Å². The van der Waals surface area contributed by atoms with Crippen molar-refractivity contribution in [3.8, 4) is 0 Å². The molecule has 1 aromatic carbocycles. The van der Waals surface area contributed by atoms with Gasteiger partial charge in [0.2, 0.25) is 0 Å². The lowest BCUT2D eigenvalue weighted by Crippen LogP contribution is -2.00. The highest BCUT2D eigenvalue weighted by Crippen LogP contribution is 2.15. The van der Waals surface area contributed by atoms with Gasteiger partial charge in [-0.1, -0.05) is 36.4 Å². The first kappa shape index (κ1) is 12.5. The SMILES string of the molecule is CCOC(=O)C=CCC(O)c1ccccc1. The topological polar surface area (TPSA) is 46.5 Å². The van der Waals surface area contributed by atoms with E-state index in [0.29, 0.717) is 13.0 Å². The van der Waals surface area contributed by atoms with Gasteiger partial charge in [0.05, 0.1) is 12.7 Å². The molecule has 3 nitrogen and oxygen atoms in total. The Morgan fingerprint density at radius 3 is 2.75 bits per heavy atom. The number of rotatable bonds is 5. The van der Waals surface area contributed by atoms with Crippen LogP contribution in [0.15, 0.2) is 42.5 Å². The first-order valence-electron chi connectivity index (χ1n) is 5.30. The zero-order valence-corrected chi connectivity index (χ0v) is 9.30. The third-order valence-electron chi connectivity index (χ3n) is 2.08. The van der Waals surface area contributed by atoms with Crippen molar-refractivity contribution in [2.75, 3.05) is 6.61 Å². The predicted molar refractivity (Wildman–Crippen MR) is 61.8 cm³/mol. The first-order chi connectivity index (χ1) is 7.74. The molecule has 0 bridgehead atoms. The monoisotopic (exact) mass is 220 g/mol. The average molecular weight is 220 g/mol. The molecule has 1 unspecified atom stereocenters. The Morgan fingerprint density at radius 2 is 2.12 bits per heavy atom. The number of ether oxygens (including phenoxy) is 1. The second-order valence-electron chi connectivity index (χ2n) is 3.32. The van der Waals surface area contributed by atoms with Gasteiger partial charge in [-0.2, -0.15) is 0 Å². The molecule has 0 aliphatic carbocycles. The summed E-state index contributed by atoms with van der Waals surface area (Å²) in [5.74, 6) is -0.372. The molecular weight excluding hydrogens is 204 g/mol. The summed E-state index contributed by atoms with van der Waals surface area (Å²) in [6, 6.07) is 9.33. The van der Waals surface area contributed by atoms with Gasteiger partial charge in [-0.15, -0.1) is 0 Å². The van der Waals surface area contributed by atoms with Crippen LogP contribution in [0.2, 0.25) is 0 Å². The van der Waals surface area contributed by atoms with Crippen LogP contribution in [-0.4, -0.2) is 17.7 Å². The lowest BCUT2D eigenvalue weighted by Gasteiger charge is -2.07. The summed E-state index contributed by atoms with van der Waals surface area (Å²) in [6.07, 6.45) is 2.79. The summed E-state index contributed by atoms with van der Waals surface area (Å²) in [7, 11) is 0. The third-order valence-corrected chi connectivity index (χ3v) is 2.08. The van der Waals surface area contributed by atoms with Crippen LogP contribution in [0.1, 0.15) is 25.0 Å². The number of aliphatic hydroxyl groups excluding tert-OH is 1. The first-order valence-corrected chi connectivity index (χ1v) is 5.30. The van der Waals surface area contributed by atoms with Crippen molar-refractivity contribution in [3.05, 3.63) is 48.0 Å². The highest BCUT2D eigenvalue weighted by Gasteiger charge is 2.04. The van der Waals surface area contributed by atoms with Crippen LogP contribution in [0.5, 0.6) is 0 Å². The number of carbonyl (C=O) groups is 1. The van der Waals surface area contributed by atoms with Gasteiger partial charge in [0, 0.05) is 6.08 Å². The van der Waals surface area contributed by atoms with Crippen molar-refractivity contribution < 1.29 is 14.6 Å². The van der Waals surface area contributed by atoms with Gasteiger partial charge in [0.15, 0.2) is 0 Å². The fraction of sp³-hybridized carbons (Fsp3) is 0.308. The zero-order chi connectivity index (χ0) is 11.8. The van der Waals surface area contributed by atoms with E-state index in [4.69, 9.17) is 4.74 Å². The van der Waals surface area contributed by atoms with Gasteiger partial charge < -0.3 is 9.84 Å². The molecule has 1 N–H and O–H groups in total. The molecule has 1 atom stereocenters. The Balaban J connectivity index is 2.41. The number of benzene rings is 1. The van der Waals surface area contributed by atoms with E-state index in [2.05, 4.69) is 0 Å². The van der Waals surface area contributed by atoms with Crippen molar-refractivity contribution >= 4 is 5.97 Å². The van der Waals surface area contributed by atoms with Gasteiger partial charge in [-0.05, 0) is 18.9 Å². The maximum atomic E-state index is 11.0. The van der Waals surface area contributed by atoms with Gasteiger partial charge in [0.25, 0.3) is 0 Å². The van der Waals surface area contributed by atoms with E-state index in [-0.39, 0.29) is 5.97 Å². The van der Waals surface area contributed by atoms with Crippen LogP contribution >= 0.6 is 0 Å². The zero-order valence-electron chi connectivity index (χ0n) is 9.30. The van der Waals surface area contributed by atoms with Crippen LogP contribution < -0.4 is 0 Å². The number of hydrogen-bond donors (Lipinski definition) is 1.